The summed E-state index contributed by atoms with van der Waals surface area (Å²) in [6.45, 7) is 1.18. The van der Waals surface area contributed by atoms with E-state index in [1.54, 1.807) is 0 Å². The fourth-order valence-electron chi connectivity index (χ4n) is 2.55. The summed E-state index contributed by atoms with van der Waals surface area (Å²) >= 11 is 5.83. The number of aromatic nitrogens is 2. The van der Waals surface area contributed by atoms with Gasteiger partial charge >= 0.3 is 5.97 Å². The molecule has 1 amide bonds. The lowest BCUT2D eigenvalue weighted by Crippen LogP contribution is -2.30. The van der Waals surface area contributed by atoms with Gasteiger partial charge in [-0.05, 0) is 19.3 Å². The Balaban J connectivity index is 1.77. The summed E-state index contributed by atoms with van der Waals surface area (Å²) in [4.78, 5) is 24.9. The van der Waals surface area contributed by atoms with Crippen LogP contribution in [0.1, 0.15) is 35.8 Å². The average molecular weight is 284 g/mol. The van der Waals surface area contributed by atoms with Crippen molar-refractivity contribution >= 4 is 23.5 Å². The first-order chi connectivity index (χ1) is 9.08. The summed E-state index contributed by atoms with van der Waals surface area (Å²) in [5.41, 5.74) is 0.00684. The number of carbonyl (C=O) groups is 2. The molecule has 1 saturated carbocycles. The normalized spacial score (nSPS) is 22.8. The van der Waals surface area contributed by atoms with Gasteiger partial charge in [0.25, 0.3) is 0 Å². The lowest BCUT2D eigenvalue weighted by Gasteiger charge is -2.17. The summed E-state index contributed by atoms with van der Waals surface area (Å²) in [5, 5.41) is 13.3. The van der Waals surface area contributed by atoms with E-state index in [0.29, 0.717) is 13.1 Å². The maximum atomic E-state index is 12.0. The number of amides is 1. The van der Waals surface area contributed by atoms with E-state index >= 15 is 0 Å². The van der Waals surface area contributed by atoms with Gasteiger partial charge in [-0.15, -0.1) is 0 Å². The van der Waals surface area contributed by atoms with Gasteiger partial charge in [0.15, 0.2) is 5.69 Å². The largest absolute Gasteiger partial charge is 0.476 e. The van der Waals surface area contributed by atoms with Crippen molar-refractivity contribution in [1.29, 1.82) is 0 Å². The Hall–Kier alpha value is -1.56. The van der Waals surface area contributed by atoms with Gasteiger partial charge in [0.05, 0.1) is 17.3 Å². The number of carbonyl (C=O) groups excluding carboxylic acids is 1. The summed E-state index contributed by atoms with van der Waals surface area (Å²) < 4.78 is 1.44. The van der Waals surface area contributed by atoms with E-state index in [-0.39, 0.29) is 28.6 Å². The van der Waals surface area contributed by atoms with Crippen molar-refractivity contribution in [1.82, 2.24) is 14.7 Å². The van der Waals surface area contributed by atoms with Gasteiger partial charge in [-0.2, -0.15) is 5.10 Å². The molecule has 0 radical (unpaired) electrons. The molecule has 1 unspecified atom stereocenters. The third-order valence-corrected chi connectivity index (χ3v) is 3.98. The number of carboxylic acid groups (broad SMARTS) is 1. The molecule has 1 saturated heterocycles. The molecule has 1 aromatic rings. The molecule has 1 aliphatic carbocycles. The van der Waals surface area contributed by atoms with Crippen LogP contribution in [0.4, 0.5) is 0 Å². The van der Waals surface area contributed by atoms with E-state index in [1.165, 1.54) is 10.9 Å². The van der Waals surface area contributed by atoms with Gasteiger partial charge in [0.1, 0.15) is 0 Å². The zero-order chi connectivity index (χ0) is 13.6. The number of nitrogens with zero attached hydrogens (tertiary/aromatic N) is 3. The van der Waals surface area contributed by atoms with E-state index in [2.05, 4.69) is 5.10 Å². The maximum absolute atomic E-state index is 12.0. The van der Waals surface area contributed by atoms with Crippen LogP contribution in [0.2, 0.25) is 5.02 Å². The first-order valence-corrected chi connectivity index (χ1v) is 6.71. The van der Waals surface area contributed by atoms with E-state index in [4.69, 9.17) is 16.7 Å². The standard InChI is InChI=1S/C12H14ClN3O3/c13-9-5-14-16(10(9)12(18)19)8-3-4-15(6-8)11(17)7-1-2-7/h5,7-8H,1-4,6H2,(H,18,19). The second kappa shape index (κ2) is 4.52. The maximum Gasteiger partial charge on any atom is 0.355 e. The number of hydrogen-bond donors (Lipinski definition) is 1. The summed E-state index contributed by atoms with van der Waals surface area (Å²) in [5.74, 6) is -0.703. The lowest BCUT2D eigenvalue weighted by molar-refractivity contribution is -0.131. The van der Waals surface area contributed by atoms with Crippen LogP contribution in [0.3, 0.4) is 0 Å². The van der Waals surface area contributed by atoms with Crippen LogP contribution in [-0.4, -0.2) is 44.8 Å². The van der Waals surface area contributed by atoms with Crippen molar-refractivity contribution in [2.75, 3.05) is 13.1 Å². The highest BCUT2D eigenvalue weighted by atomic mass is 35.5. The van der Waals surface area contributed by atoms with Gasteiger partial charge in [0, 0.05) is 19.0 Å². The van der Waals surface area contributed by atoms with E-state index < -0.39 is 5.97 Å². The molecule has 1 aliphatic heterocycles. The number of aromatic carboxylic acids is 1. The predicted molar refractivity (Wildman–Crippen MR) is 67.2 cm³/mol. The minimum atomic E-state index is -1.09. The van der Waals surface area contributed by atoms with Crippen molar-refractivity contribution in [3.63, 3.8) is 0 Å². The molecule has 2 aliphatic rings. The average Bonchev–Trinajstić information content (AvgIpc) is 2.96. The minimum absolute atomic E-state index is 0.00684. The summed E-state index contributed by atoms with van der Waals surface area (Å²) in [7, 11) is 0. The Bertz CT molecular complexity index is 538. The van der Waals surface area contributed by atoms with Gasteiger partial charge in [-0.1, -0.05) is 11.6 Å². The van der Waals surface area contributed by atoms with Crippen molar-refractivity contribution < 1.29 is 14.7 Å². The lowest BCUT2D eigenvalue weighted by atomic mass is 10.2. The van der Waals surface area contributed by atoms with Crippen LogP contribution in [-0.2, 0) is 4.79 Å². The number of halogens is 1. The van der Waals surface area contributed by atoms with E-state index in [1.807, 2.05) is 4.90 Å². The van der Waals surface area contributed by atoms with Crippen LogP contribution in [0.5, 0.6) is 0 Å². The highest BCUT2D eigenvalue weighted by Crippen LogP contribution is 2.34. The zero-order valence-corrected chi connectivity index (χ0v) is 11.0. The second-order valence-electron chi connectivity index (χ2n) is 5.09. The molecule has 2 fully saturated rings. The third-order valence-electron chi connectivity index (χ3n) is 3.70. The summed E-state index contributed by atoms with van der Waals surface area (Å²) in [6, 6.07) is -0.0960. The van der Waals surface area contributed by atoms with Crippen molar-refractivity contribution in [3.05, 3.63) is 16.9 Å². The topological polar surface area (TPSA) is 75.4 Å². The third kappa shape index (κ3) is 2.20. The number of carboxylic acids is 1. The van der Waals surface area contributed by atoms with Crippen LogP contribution in [0, 0.1) is 5.92 Å². The monoisotopic (exact) mass is 283 g/mol. The highest BCUT2D eigenvalue weighted by Gasteiger charge is 2.38. The van der Waals surface area contributed by atoms with Gasteiger partial charge in [0.2, 0.25) is 5.91 Å². The molecule has 6 nitrogen and oxygen atoms in total. The van der Waals surface area contributed by atoms with Gasteiger partial charge < -0.3 is 10.0 Å². The Labute approximate surface area is 114 Å². The Morgan fingerprint density at radius 1 is 1.37 bits per heavy atom. The quantitative estimate of drug-likeness (QED) is 0.910. The molecule has 7 heteroatoms. The predicted octanol–water partition coefficient (Wildman–Crippen LogP) is 1.42. The van der Waals surface area contributed by atoms with Crippen molar-refractivity contribution in [3.8, 4) is 0 Å². The molecule has 3 rings (SSSR count). The molecule has 1 atom stereocenters. The Kier molecular flexibility index (Phi) is 2.97. The first kappa shape index (κ1) is 12.5. The van der Waals surface area contributed by atoms with Crippen molar-refractivity contribution in [2.45, 2.75) is 25.3 Å². The molecule has 1 aromatic heterocycles. The van der Waals surface area contributed by atoms with E-state index in [0.717, 1.165) is 19.3 Å². The molecule has 0 aromatic carbocycles. The number of hydrogen-bond acceptors (Lipinski definition) is 3. The summed E-state index contributed by atoms with van der Waals surface area (Å²) in [6.07, 6.45) is 4.02. The van der Waals surface area contributed by atoms with Crippen molar-refractivity contribution in [2.24, 2.45) is 5.92 Å². The molecule has 102 valence electrons. The first-order valence-electron chi connectivity index (χ1n) is 6.33. The van der Waals surface area contributed by atoms with Crippen LogP contribution in [0.25, 0.3) is 0 Å². The number of rotatable bonds is 3. The molecule has 2 heterocycles. The SMILES string of the molecule is O=C(O)c1c(Cl)cnn1C1CCN(C(=O)C2CC2)C1. The molecule has 0 spiro atoms. The number of likely N-dealkylation sites (tertiary alicyclic amines) is 1. The minimum Gasteiger partial charge on any atom is -0.476 e. The molecule has 1 N–H and O–H groups in total. The van der Waals surface area contributed by atoms with Crippen LogP contribution < -0.4 is 0 Å². The fourth-order valence-corrected chi connectivity index (χ4v) is 2.76. The van der Waals surface area contributed by atoms with Crippen LogP contribution in [0.15, 0.2) is 6.20 Å². The van der Waals surface area contributed by atoms with Gasteiger partial charge in [-0.25, -0.2) is 4.79 Å². The molecule has 19 heavy (non-hydrogen) atoms. The Morgan fingerprint density at radius 3 is 2.74 bits per heavy atom. The fraction of sp³-hybridized carbons (Fsp3) is 0.583. The van der Waals surface area contributed by atoms with Crippen LogP contribution >= 0.6 is 11.6 Å². The molecular formula is C12H14ClN3O3. The second-order valence-corrected chi connectivity index (χ2v) is 5.50. The van der Waals surface area contributed by atoms with E-state index in [9.17, 15) is 9.59 Å². The highest BCUT2D eigenvalue weighted by molar-refractivity contribution is 6.33. The smallest absolute Gasteiger partial charge is 0.355 e. The molecule has 0 bridgehead atoms. The zero-order valence-electron chi connectivity index (χ0n) is 10.3. The Morgan fingerprint density at radius 2 is 2.11 bits per heavy atom. The van der Waals surface area contributed by atoms with Gasteiger partial charge in [-0.3, -0.25) is 9.48 Å². The molecular weight excluding hydrogens is 270 g/mol.